The summed E-state index contributed by atoms with van der Waals surface area (Å²) in [6.45, 7) is -0.844. The van der Waals surface area contributed by atoms with Crippen molar-refractivity contribution in [3.63, 3.8) is 0 Å². The molecule has 0 radical (unpaired) electrons. The van der Waals surface area contributed by atoms with Crippen molar-refractivity contribution in [3.8, 4) is 23.8 Å². The van der Waals surface area contributed by atoms with Crippen molar-refractivity contribution >= 4 is 0 Å². The Morgan fingerprint density at radius 2 is 2.10 bits per heavy atom. The Bertz CT molecular complexity index is 475. The van der Waals surface area contributed by atoms with Crippen LogP contribution in [0.15, 0.2) is 18.2 Å². The Balaban J connectivity index is 3.02. The molecule has 0 aromatic heterocycles. The van der Waals surface area contributed by atoms with Crippen LogP contribution in [0.2, 0.25) is 0 Å². The molecule has 0 amide bonds. The minimum atomic E-state index is -2.92. The third-order valence-electron chi connectivity index (χ3n) is 2.74. The lowest BCUT2D eigenvalue weighted by atomic mass is 10.1. The zero-order valence-electron chi connectivity index (χ0n) is 11.4. The van der Waals surface area contributed by atoms with Crippen LogP contribution in [0, 0.1) is 12.3 Å². The molecule has 0 heterocycles. The summed E-state index contributed by atoms with van der Waals surface area (Å²) in [6.07, 6.45) is 5.30. The number of ether oxygens (including phenoxy) is 2. The van der Waals surface area contributed by atoms with E-state index in [9.17, 15) is 8.78 Å². The summed E-state index contributed by atoms with van der Waals surface area (Å²) in [7, 11) is 1.38. The fourth-order valence-corrected chi connectivity index (χ4v) is 1.75. The number of terminal acetylenes is 1. The van der Waals surface area contributed by atoms with Gasteiger partial charge in [0, 0.05) is 12.6 Å². The number of hydrogen-bond acceptors (Lipinski definition) is 4. The van der Waals surface area contributed by atoms with E-state index in [1.807, 2.05) is 6.92 Å². The predicted molar refractivity (Wildman–Crippen MR) is 72.9 cm³/mol. The third kappa shape index (κ3) is 4.37. The van der Waals surface area contributed by atoms with Crippen LogP contribution in [0.3, 0.4) is 0 Å². The Kier molecular flexibility index (Phi) is 6.22. The molecular formula is C14H18F2N2O2. The van der Waals surface area contributed by atoms with Gasteiger partial charge in [-0.3, -0.25) is 5.32 Å². The SMILES string of the molecule is C#CC(C)NC(CN)c1ccc(OC)c(OC(F)F)c1. The fraction of sp³-hybridized carbons (Fsp3) is 0.429. The first-order valence-corrected chi connectivity index (χ1v) is 6.06. The summed E-state index contributed by atoms with van der Waals surface area (Å²) in [5.74, 6) is 2.72. The summed E-state index contributed by atoms with van der Waals surface area (Å²) < 4.78 is 34.2. The molecule has 6 heteroatoms. The Morgan fingerprint density at radius 3 is 2.60 bits per heavy atom. The summed E-state index contributed by atoms with van der Waals surface area (Å²) in [5.41, 5.74) is 6.38. The van der Waals surface area contributed by atoms with Gasteiger partial charge in [-0.05, 0) is 24.6 Å². The predicted octanol–water partition coefficient (Wildman–Crippen LogP) is 1.91. The lowest BCUT2D eigenvalue weighted by Crippen LogP contribution is -2.34. The molecule has 2 atom stereocenters. The van der Waals surface area contributed by atoms with Gasteiger partial charge in [-0.2, -0.15) is 8.78 Å². The van der Waals surface area contributed by atoms with E-state index in [4.69, 9.17) is 16.9 Å². The molecule has 0 aliphatic heterocycles. The summed E-state index contributed by atoms with van der Waals surface area (Å²) >= 11 is 0. The fourth-order valence-electron chi connectivity index (χ4n) is 1.75. The van der Waals surface area contributed by atoms with Gasteiger partial charge >= 0.3 is 6.61 Å². The minimum Gasteiger partial charge on any atom is -0.493 e. The van der Waals surface area contributed by atoms with Crippen LogP contribution in [0.1, 0.15) is 18.5 Å². The second-order valence-electron chi connectivity index (χ2n) is 4.13. The summed E-state index contributed by atoms with van der Waals surface area (Å²) in [4.78, 5) is 0. The van der Waals surface area contributed by atoms with E-state index < -0.39 is 6.61 Å². The standard InChI is InChI=1S/C14H18F2N2O2/c1-4-9(2)18-11(8-17)10-5-6-12(19-3)13(7-10)20-14(15)16/h1,5-7,9,11,14,18H,8,17H2,2-3H3. The molecule has 110 valence electrons. The second kappa shape index (κ2) is 7.68. The highest BCUT2D eigenvalue weighted by Crippen LogP contribution is 2.31. The van der Waals surface area contributed by atoms with Crippen molar-refractivity contribution < 1.29 is 18.3 Å². The van der Waals surface area contributed by atoms with Gasteiger partial charge in [0.1, 0.15) is 0 Å². The van der Waals surface area contributed by atoms with Crippen LogP contribution in [0.4, 0.5) is 8.78 Å². The van der Waals surface area contributed by atoms with E-state index in [-0.39, 0.29) is 30.1 Å². The molecule has 4 nitrogen and oxygen atoms in total. The number of nitrogens with one attached hydrogen (secondary N) is 1. The molecule has 0 aliphatic rings. The zero-order valence-corrected chi connectivity index (χ0v) is 11.4. The smallest absolute Gasteiger partial charge is 0.387 e. The number of halogens is 2. The maximum atomic E-state index is 12.4. The number of hydrogen-bond donors (Lipinski definition) is 2. The van der Waals surface area contributed by atoms with Crippen LogP contribution >= 0.6 is 0 Å². The van der Waals surface area contributed by atoms with E-state index in [0.29, 0.717) is 5.56 Å². The molecule has 1 aromatic rings. The van der Waals surface area contributed by atoms with E-state index in [0.717, 1.165) is 0 Å². The summed E-state index contributed by atoms with van der Waals surface area (Å²) in [5, 5.41) is 3.11. The average molecular weight is 284 g/mol. The van der Waals surface area contributed by atoms with Gasteiger partial charge in [-0.1, -0.05) is 12.0 Å². The minimum absolute atomic E-state index is 0.0337. The Hall–Kier alpha value is -1.84. The van der Waals surface area contributed by atoms with Crippen molar-refractivity contribution in [2.75, 3.05) is 13.7 Å². The van der Waals surface area contributed by atoms with Crippen molar-refractivity contribution in [1.29, 1.82) is 0 Å². The summed E-state index contributed by atoms with van der Waals surface area (Å²) in [6, 6.07) is 4.30. The highest BCUT2D eigenvalue weighted by molar-refractivity contribution is 5.44. The molecule has 0 saturated heterocycles. The van der Waals surface area contributed by atoms with Crippen molar-refractivity contribution in [1.82, 2.24) is 5.32 Å². The molecule has 3 N–H and O–H groups in total. The molecule has 0 spiro atoms. The van der Waals surface area contributed by atoms with Crippen LogP contribution in [0.25, 0.3) is 0 Å². The third-order valence-corrected chi connectivity index (χ3v) is 2.74. The van der Waals surface area contributed by atoms with E-state index in [1.165, 1.54) is 13.2 Å². The van der Waals surface area contributed by atoms with Crippen LogP contribution < -0.4 is 20.5 Å². The molecule has 0 saturated carbocycles. The maximum absolute atomic E-state index is 12.4. The molecule has 0 aliphatic carbocycles. The Morgan fingerprint density at radius 1 is 1.40 bits per heavy atom. The van der Waals surface area contributed by atoms with Crippen molar-refractivity contribution in [3.05, 3.63) is 23.8 Å². The molecule has 20 heavy (non-hydrogen) atoms. The van der Waals surface area contributed by atoms with Gasteiger partial charge in [0.25, 0.3) is 0 Å². The topological polar surface area (TPSA) is 56.5 Å². The number of benzene rings is 1. The number of methoxy groups -OCH3 is 1. The first kappa shape index (κ1) is 16.2. The van der Waals surface area contributed by atoms with Crippen molar-refractivity contribution in [2.24, 2.45) is 5.73 Å². The number of alkyl halides is 2. The normalized spacial score (nSPS) is 13.7. The molecule has 1 rings (SSSR count). The van der Waals surface area contributed by atoms with Crippen molar-refractivity contribution in [2.45, 2.75) is 25.6 Å². The quantitative estimate of drug-likeness (QED) is 0.751. The second-order valence-corrected chi connectivity index (χ2v) is 4.13. The molecular weight excluding hydrogens is 266 g/mol. The van der Waals surface area contributed by atoms with E-state index >= 15 is 0 Å². The largest absolute Gasteiger partial charge is 0.493 e. The van der Waals surface area contributed by atoms with Gasteiger partial charge in [0.15, 0.2) is 11.5 Å². The van der Waals surface area contributed by atoms with Gasteiger partial charge in [-0.15, -0.1) is 6.42 Å². The van der Waals surface area contributed by atoms with Gasteiger partial charge in [-0.25, -0.2) is 0 Å². The first-order valence-electron chi connectivity index (χ1n) is 6.06. The lowest BCUT2D eigenvalue weighted by molar-refractivity contribution is -0.0512. The molecule has 0 fully saturated rings. The van der Waals surface area contributed by atoms with Crippen LogP contribution in [-0.4, -0.2) is 26.3 Å². The van der Waals surface area contributed by atoms with E-state index in [1.54, 1.807) is 12.1 Å². The van der Waals surface area contributed by atoms with E-state index in [2.05, 4.69) is 16.0 Å². The van der Waals surface area contributed by atoms with Crippen LogP contribution in [0.5, 0.6) is 11.5 Å². The average Bonchev–Trinajstić information content (AvgIpc) is 2.43. The molecule has 2 unspecified atom stereocenters. The lowest BCUT2D eigenvalue weighted by Gasteiger charge is -2.21. The monoisotopic (exact) mass is 284 g/mol. The highest BCUT2D eigenvalue weighted by atomic mass is 19.3. The van der Waals surface area contributed by atoms with Gasteiger partial charge in [0.2, 0.25) is 0 Å². The highest BCUT2D eigenvalue weighted by Gasteiger charge is 2.16. The number of rotatable bonds is 7. The van der Waals surface area contributed by atoms with Crippen LogP contribution in [-0.2, 0) is 0 Å². The number of nitrogens with two attached hydrogens (primary N) is 1. The zero-order chi connectivity index (χ0) is 15.1. The molecule has 1 aromatic carbocycles. The first-order chi connectivity index (χ1) is 9.51. The molecule has 0 bridgehead atoms. The Labute approximate surface area is 117 Å². The van der Waals surface area contributed by atoms with Gasteiger partial charge < -0.3 is 15.2 Å². The maximum Gasteiger partial charge on any atom is 0.387 e. The van der Waals surface area contributed by atoms with Gasteiger partial charge in [0.05, 0.1) is 13.2 Å².